The SMILES string of the molecule is CC(=O)O.CC(C)=O.N=C(N)N.[Zn]. The molecule has 0 aromatic rings. The third-order valence-electron chi connectivity index (χ3n) is 0. The van der Waals surface area contributed by atoms with Crippen molar-refractivity contribution in [1.29, 1.82) is 5.41 Å². The topological polar surface area (TPSA) is 130 Å². The van der Waals surface area contributed by atoms with Crippen LogP contribution in [0.4, 0.5) is 0 Å². The second kappa shape index (κ2) is 17.2. The van der Waals surface area contributed by atoms with Gasteiger partial charge in [-0.25, -0.2) is 0 Å². The third kappa shape index (κ3) is 964. The Hall–Kier alpha value is -0.967. The first-order valence-electron chi connectivity index (χ1n) is 2.96. The molecule has 0 saturated heterocycles. The minimum Gasteiger partial charge on any atom is -0.481 e. The smallest absolute Gasteiger partial charge is 0.300 e. The quantitative estimate of drug-likeness (QED) is 0.259. The number of carboxylic acids is 1. The van der Waals surface area contributed by atoms with Gasteiger partial charge in [0.2, 0.25) is 0 Å². The van der Waals surface area contributed by atoms with E-state index >= 15 is 0 Å². The molecule has 74 valence electrons. The molecule has 6 nitrogen and oxygen atoms in total. The molecule has 0 saturated carbocycles. The Balaban J connectivity index is -0.0000000450. The molecule has 0 atom stereocenters. The van der Waals surface area contributed by atoms with E-state index in [4.69, 9.17) is 15.3 Å². The molecular formula is C6H15N3O3Zn. The van der Waals surface area contributed by atoms with Crippen LogP contribution in [0.3, 0.4) is 0 Å². The van der Waals surface area contributed by atoms with Gasteiger partial charge in [-0.05, 0) is 13.8 Å². The van der Waals surface area contributed by atoms with E-state index in [0.29, 0.717) is 0 Å². The minimum absolute atomic E-state index is 0. The molecule has 0 aliphatic heterocycles. The largest absolute Gasteiger partial charge is 0.481 e. The summed E-state index contributed by atoms with van der Waals surface area (Å²) in [5.74, 6) is -1.000. The maximum Gasteiger partial charge on any atom is 0.300 e. The van der Waals surface area contributed by atoms with Crippen LogP contribution in [-0.4, -0.2) is 22.8 Å². The molecule has 0 aliphatic rings. The van der Waals surface area contributed by atoms with Crippen molar-refractivity contribution in [1.82, 2.24) is 0 Å². The van der Waals surface area contributed by atoms with Gasteiger partial charge in [-0.2, -0.15) is 0 Å². The van der Waals surface area contributed by atoms with E-state index in [1.807, 2.05) is 0 Å². The minimum atomic E-state index is -0.833. The molecule has 0 radical (unpaired) electrons. The molecule has 0 bridgehead atoms. The summed E-state index contributed by atoms with van der Waals surface area (Å²) in [6, 6.07) is 0. The molecule has 6 N–H and O–H groups in total. The summed E-state index contributed by atoms with van der Waals surface area (Å²) in [7, 11) is 0. The van der Waals surface area contributed by atoms with Crippen molar-refractivity contribution in [3.8, 4) is 0 Å². The number of aliphatic carboxylic acids is 1. The van der Waals surface area contributed by atoms with Crippen LogP contribution in [0.1, 0.15) is 20.8 Å². The second-order valence-electron chi connectivity index (χ2n) is 1.88. The zero-order valence-corrected chi connectivity index (χ0v) is 11.1. The van der Waals surface area contributed by atoms with Crippen molar-refractivity contribution in [2.45, 2.75) is 20.8 Å². The average molecular weight is 243 g/mol. The van der Waals surface area contributed by atoms with Crippen LogP contribution in [0.5, 0.6) is 0 Å². The van der Waals surface area contributed by atoms with Crippen LogP contribution in [0, 0.1) is 5.41 Å². The number of carboxylic acid groups (broad SMARTS) is 1. The molecule has 0 rings (SSSR count). The number of hydrogen-bond acceptors (Lipinski definition) is 3. The molecular weight excluding hydrogens is 227 g/mol. The molecule has 0 aliphatic carbocycles. The van der Waals surface area contributed by atoms with Crippen molar-refractivity contribution < 1.29 is 34.2 Å². The van der Waals surface area contributed by atoms with Crippen LogP contribution in [0.2, 0.25) is 0 Å². The van der Waals surface area contributed by atoms with E-state index in [0.717, 1.165) is 6.92 Å². The van der Waals surface area contributed by atoms with Crippen molar-refractivity contribution in [3.05, 3.63) is 0 Å². The van der Waals surface area contributed by atoms with E-state index < -0.39 is 5.97 Å². The van der Waals surface area contributed by atoms with Gasteiger partial charge in [0.15, 0.2) is 5.96 Å². The molecule has 0 heterocycles. The molecule has 0 amide bonds. The number of hydrogen-bond donors (Lipinski definition) is 4. The average Bonchev–Trinajstić information content (AvgIpc) is 1.54. The Morgan fingerprint density at radius 2 is 1.15 bits per heavy atom. The van der Waals surface area contributed by atoms with Crippen molar-refractivity contribution in [3.63, 3.8) is 0 Å². The van der Waals surface area contributed by atoms with Crippen molar-refractivity contribution in [2.24, 2.45) is 11.5 Å². The summed E-state index contributed by atoms with van der Waals surface area (Å²) in [4.78, 5) is 18.4. The van der Waals surface area contributed by atoms with Crippen molar-refractivity contribution in [2.75, 3.05) is 0 Å². The third-order valence-corrected chi connectivity index (χ3v) is 0. The number of Topliss-reactive ketones (excluding diaryl/α,β-unsaturated/α-hetero) is 1. The first kappa shape index (κ1) is 22.7. The maximum absolute atomic E-state index is 9.44. The molecule has 0 spiro atoms. The van der Waals surface area contributed by atoms with Crippen LogP contribution >= 0.6 is 0 Å². The predicted molar refractivity (Wildman–Crippen MR) is 45.8 cm³/mol. The van der Waals surface area contributed by atoms with Crippen LogP contribution < -0.4 is 11.5 Å². The molecule has 13 heavy (non-hydrogen) atoms. The zero-order valence-electron chi connectivity index (χ0n) is 8.13. The van der Waals surface area contributed by atoms with Crippen molar-refractivity contribution >= 4 is 17.7 Å². The number of ketones is 1. The maximum atomic E-state index is 9.44. The van der Waals surface area contributed by atoms with Gasteiger partial charge in [0, 0.05) is 26.4 Å². The monoisotopic (exact) mass is 241 g/mol. The molecule has 0 unspecified atom stereocenters. The fourth-order valence-corrected chi connectivity index (χ4v) is 0. The Labute approximate surface area is 89.9 Å². The Bertz CT molecular complexity index is 121. The van der Waals surface area contributed by atoms with Gasteiger partial charge in [-0.1, -0.05) is 0 Å². The number of rotatable bonds is 0. The Kier molecular flexibility index (Phi) is 30.1. The second-order valence-corrected chi connectivity index (χ2v) is 1.88. The van der Waals surface area contributed by atoms with Gasteiger partial charge in [0.1, 0.15) is 5.78 Å². The molecule has 0 fully saturated rings. The summed E-state index contributed by atoms with van der Waals surface area (Å²) in [5.41, 5.74) is 8.94. The van der Waals surface area contributed by atoms with Gasteiger partial charge in [-0.15, -0.1) is 0 Å². The van der Waals surface area contributed by atoms with Gasteiger partial charge >= 0.3 is 0 Å². The first-order valence-corrected chi connectivity index (χ1v) is 2.96. The standard InChI is InChI=1S/C3H6O.C2H4O2.CH5N3.Zn/c1-3(2)4;1-2(3)4;2-1(3)4;/h1-2H3;1H3,(H,3,4);(H5,2,3,4);. The number of nitrogens with two attached hydrogens (primary N) is 2. The summed E-state index contributed by atoms with van der Waals surface area (Å²) in [6.45, 7) is 4.14. The first-order chi connectivity index (χ1) is 5.20. The van der Waals surface area contributed by atoms with E-state index in [1.54, 1.807) is 0 Å². The zero-order chi connectivity index (χ0) is 10.7. The molecule has 0 aromatic heterocycles. The Morgan fingerprint density at radius 1 is 1.15 bits per heavy atom. The van der Waals surface area contributed by atoms with Gasteiger partial charge in [0.05, 0.1) is 0 Å². The fraction of sp³-hybridized carbons (Fsp3) is 0.500. The summed E-state index contributed by atoms with van der Waals surface area (Å²) in [6.07, 6.45) is 0. The van der Waals surface area contributed by atoms with Gasteiger partial charge in [-0.3, -0.25) is 10.2 Å². The number of guanidine groups is 1. The summed E-state index contributed by atoms with van der Waals surface area (Å²) >= 11 is 0. The summed E-state index contributed by atoms with van der Waals surface area (Å²) in [5, 5.41) is 13.5. The normalized spacial score (nSPS) is 5.77. The Morgan fingerprint density at radius 3 is 1.15 bits per heavy atom. The van der Waals surface area contributed by atoms with Gasteiger partial charge in [0.25, 0.3) is 5.97 Å². The van der Waals surface area contributed by atoms with E-state index in [9.17, 15) is 4.79 Å². The fourth-order valence-electron chi connectivity index (χ4n) is 0. The van der Waals surface area contributed by atoms with E-state index in [-0.39, 0.29) is 31.2 Å². The number of carbonyl (C=O) groups excluding carboxylic acids is 1. The van der Waals surface area contributed by atoms with Gasteiger partial charge < -0.3 is 21.4 Å². The number of nitrogens with one attached hydrogen (secondary N) is 1. The molecule has 0 aromatic carbocycles. The van der Waals surface area contributed by atoms with Crippen LogP contribution in [0.25, 0.3) is 0 Å². The van der Waals surface area contributed by atoms with E-state index in [1.165, 1.54) is 13.8 Å². The predicted octanol–water partition coefficient (Wildman–Crippen LogP) is -0.478. The van der Waals surface area contributed by atoms with Crippen LogP contribution in [-0.2, 0) is 29.1 Å². The summed E-state index contributed by atoms with van der Waals surface area (Å²) < 4.78 is 0. The van der Waals surface area contributed by atoms with Crippen LogP contribution in [0.15, 0.2) is 0 Å². The molecule has 7 heteroatoms. The number of carbonyl (C=O) groups is 2. The van der Waals surface area contributed by atoms with E-state index in [2.05, 4.69) is 11.5 Å².